The molecule has 0 bridgehead atoms. The fraction of sp³-hybridized carbons (Fsp3) is 0. The van der Waals surface area contributed by atoms with Gasteiger partial charge in [-0.05, 0) is 45.8 Å². The predicted molar refractivity (Wildman–Crippen MR) is 101 cm³/mol. The molecule has 0 saturated carbocycles. The van der Waals surface area contributed by atoms with Crippen LogP contribution < -0.4 is 0 Å². The van der Waals surface area contributed by atoms with Crippen LogP contribution in [0.1, 0.15) is 5.56 Å². The summed E-state index contributed by atoms with van der Waals surface area (Å²) in [6.07, 6.45) is 1.55. The van der Waals surface area contributed by atoms with E-state index >= 15 is 0 Å². The van der Waals surface area contributed by atoms with Gasteiger partial charge in [0.05, 0.1) is 0 Å². The molecule has 4 rings (SSSR count). The standard InChI is InChI=1S/C20H13BF2N2O/c22-21(23)26-20(25-19-7-3-4-12-24-19)16-11-10-15-9-8-14-5-1-2-6-17(14)18(15)13-16/h1-13H/b25-20-. The zero-order valence-corrected chi connectivity index (χ0v) is 13.6. The maximum Gasteiger partial charge on any atom is 0.797 e. The predicted octanol–water partition coefficient (Wildman–Crippen LogP) is 5.41. The lowest BCUT2D eigenvalue weighted by atomic mass is 10.00. The summed E-state index contributed by atoms with van der Waals surface area (Å²) in [6.45, 7) is 0. The van der Waals surface area contributed by atoms with Crippen molar-refractivity contribution in [2.45, 2.75) is 0 Å². The Hall–Kier alpha value is -3.28. The van der Waals surface area contributed by atoms with Crippen LogP contribution in [0.15, 0.2) is 84.0 Å². The summed E-state index contributed by atoms with van der Waals surface area (Å²) in [6, 6.07) is 22.5. The number of aliphatic imine (C=N–C) groups is 1. The van der Waals surface area contributed by atoms with Gasteiger partial charge in [0, 0.05) is 11.8 Å². The Balaban J connectivity index is 1.89. The first-order valence-electron chi connectivity index (χ1n) is 8.07. The van der Waals surface area contributed by atoms with Gasteiger partial charge in [0.25, 0.3) is 0 Å². The quantitative estimate of drug-likeness (QED) is 0.215. The van der Waals surface area contributed by atoms with Crippen molar-refractivity contribution in [1.29, 1.82) is 0 Å². The average Bonchev–Trinajstić information content (AvgIpc) is 2.67. The molecule has 0 spiro atoms. The molecule has 26 heavy (non-hydrogen) atoms. The topological polar surface area (TPSA) is 34.5 Å². The van der Waals surface area contributed by atoms with Crippen molar-refractivity contribution in [2.75, 3.05) is 0 Å². The van der Waals surface area contributed by atoms with E-state index in [4.69, 9.17) is 0 Å². The first-order chi connectivity index (χ1) is 12.7. The highest BCUT2D eigenvalue weighted by atomic mass is 19.2. The largest absolute Gasteiger partial charge is 0.797 e. The maximum atomic E-state index is 12.9. The van der Waals surface area contributed by atoms with Crippen molar-refractivity contribution in [2.24, 2.45) is 4.99 Å². The van der Waals surface area contributed by atoms with Gasteiger partial charge in [-0.25, -0.2) is 13.6 Å². The number of hydrogen-bond acceptors (Lipinski definition) is 3. The van der Waals surface area contributed by atoms with Crippen LogP contribution in [-0.2, 0) is 4.65 Å². The Morgan fingerprint density at radius 3 is 2.35 bits per heavy atom. The highest BCUT2D eigenvalue weighted by molar-refractivity contribution is 6.38. The lowest BCUT2D eigenvalue weighted by molar-refractivity contribution is 0.420. The Kier molecular flexibility index (Phi) is 4.31. The Morgan fingerprint density at radius 1 is 0.846 bits per heavy atom. The first kappa shape index (κ1) is 16.2. The lowest BCUT2D eigenvalue weighted by Crippen LogP contribution is -2.14. The van der Waals surface area contributed by atoms with Crippen molar-refractivity contribution < 1.29 is 13.3 Å². The molecule has 0 saturated heterocycles. The fourth-order valence-corrected chi connectivity index (χ4v) is 2.90. The summed E-state index contributed by atoms with van der Waals surface area (Å²) >= 11 is 0. The van der Waals surface area contributed by atoms with Gasteiger partial charge in [0.2, 0.25) is 5.90 Å². The molecule has 0 amide bonds. The molecule has 0 aliphatic heterocycles. The molecule has 0 aliphatic carbocycles. The number of rotatable bonds is 3. The molecular weight excluding hydrogens is 333 g/mol. The average molecular weight is 346 g/mol. The smallest absolute Gasteiger partial charge is 0.490 e. The molecule has 0 atom stereocenters. The number of fused-ring (bicyclic) bond motifs is 3. The summed E-state index contributed by atoms with van der Waals surface area (Å²) in [5, 5.41) is 4.09. The summed E-state index contributed by atoms with van der Waals surface area (Å²) in [4.78, 5) is 8.21. The van der Waals surface area contributed by atoms with Gasteiger partial charge in [0.1, 0.15) is 0 Å². The van der Waals surface area contributed by atoms with Gasteiger partial charge in [-0.15, -0.1) is 0 Å². The molecule has 0 fully saturated rings. The van der Waals surface area contributed by atoms with E-state index in [-0.39, 0.29) is 5.90 Å². The van der Waals surface area contributed by atoms with Crippen LogP contribution in [0.2, 0.25) is 0 Å². The first-order valence-corrected chi connectivity index (χ1v) is 8.07. The van der Waals surface area contributed by atoms with E-state index in [9.17, 15) is 8.63 Å². The lowest BCUT2D eigenvalue weighted by Gasteiger charge is -2.10. The Bertz CT molecular complexity index is 1100. The fourth-order valence-electron chi connectivity index (χ4n) is 2.90. The Morgan fingerprint density at radius 2 is 1.58 bits per heavy atom. The summed E-state index contributed by atoms with van der Waals surface area (Å²) in [5.74, 6) is 0.148. The number of aromatic nitrogens is 1. The molecule has 3 aromatic carbocycles. The van der Waals surface area contributed by atoms with E-state index in [2.05, 4.69) is 14.6 Å². The van der Waals surface area contributed by atoms with Crippen LogP contribution in [0.4, 0.5) is 14.4 Å². The van der Waals surface area contributed by atoms with Crippen molar-refractivity contribution in [3.63, 3.8) is 0 Å². The van der Waals surface area contributed by atoms with Crippen molar-refractivity contribution in [3.8, 4) is 0 Å². The maximum absolute atomic E-state index is 12.9. The minimum atomic E-state index is -2.97. The minimum Gasteiger partial charge on any atom is -0.490 e. The van der Waals surface area contributed by atoms with E-state index < -0.39 is 7.47 Å². The molecule has 6 heteroatoms. The summed E-state index contributed by atoms with van der Waals surface area (Å²) < 4.78 is 30.5. The van der Waals surface area contributed by atoms with E-state index in [1.54, 1.807) is 30.5 Å². The highest BCUT2D eigenvalue weighted by Gasteiger charge is 2.22. The minimum absolute atomic E-state index is 0.159. The zero-order chi connectivity index (χ0) is 17.9. The van der Waals surface area contributed by atoms with Gasteiger partial charge in [0.15, 0.2) is 5.82 Å². The third-order valence-corrected chi connectivity index (χ3v) is 4.06. The highest BCUT2D eigenvalue weighted by Crippen LogP contribution is 2.27. The van der Waals surface area contributed by atoms with E-state index in [1.807, 2.05) is 48.5 Å². The van der Waals surface area contributed by atoms with Crippen LogP contribution in [0, 0.1) is 0 Å². The summed E-state index contributed by atoms with van der Waals surface area (Å²) in [7, 11) is -2.97. The van der Waals surface area contributed by atoms with Crippen LogP contribution in [0.25, 0.3) is 21.5 Å². The van der Waals surface area contributed by atoms with Gasteiger partial charge < -0.3 is 4.65 Å². The number of nitrogens with zero attached hydrogens (tertiary/aromatic N) is 2. The second-order valence-electron chi connectivity index (χ2n) is 5.71. The molecule has 1 heterocycles. The van der Waals surface area contributed by atoms with Crippen molar-refractivity contribution in [1.82, 2.24) is 4.98 Å². The molecule has 4 aromatic rings. The molecule has 126 valence electrons. The number of halogens is 2. The summed E-state index contributed by atoms with van der Waals surface area (Å²) in [5.41, 5.74) is 0.472. The van der Waals surface area contributed by atoms with Gasteiger partial charge >= 0.3 is 7.47 Å². The Labute approximate surface area is 149 Å². The zero-order valence-electron chi connectivity index (χ0n) is 13.6. The van der Waals surface area contributed by atoms with Crippen LogP contribution in [-0.4, -0.2) is 18.4 Å². The number of hydrogen-bond donors (Lipinski definition) is 0. The van der Waals surface area contributed by atoms with E-state index in [0.29, 0.717) is 11.4 Å². The second-order valence-corrected chi connectivity index (χ2v) is 5.71. The van der Waals surface area contributed by atoms with E-state index in [1.165, 1.54) is 0 Å². The molecular formula is C20H13BF2N2O. The monoisotopic (exact) mass is 346 g/mol. The molecule has 1 aromatic heterocycles. The third kappa shape index (κ3) is 3.26. The van der Waals surface area contributed by atoms with Crippen LogP contribution >= 0.6 is 0 Å². The number of pyridine rings is 1. The van der Waals surface area contributed by atoms with Crippen molar-refractivity contribution >= 4 is 40.7 Å². The van der Waals surface area contributed by atoms with Gasteiger partial charge in [-0.2, -0.15) is 4.99 Å². The van der Waals surface area contributed by atoms with E-state index in [0.717, 1.165) is 21.5 Å². The molecule has 0 radical (unpaired) electrons. The third-order valence-electron chi connectivity index (χ3n) is 4.06. The molecule has 0 aliphatic rings. The molecule has 3 nitrogen and oxygen atoms in total. The van der Waals surface area contributed by atoms with Crippen molar-refractivity contribution in [3.05, 3.63) is 84.6 Å². The molecule has 0 unspecified atom stereocenters. The normalized spacial score (nSPS) is 11.7. The van der Waals surface area contributed by atoms with Gasteiger partial charge in [-0.1, -0.05) is 48.5 Å². The second kappa shape index (κ2) is 6.92. The molecule has 0 N–H and O–H groups in total. The van der Waals surface area contributed by atoms with Gasteiger partial charge in [-0.3, -0.25) is 0 Å². The number of benzene rings is 3. The van der Waals surface area contributed by atoms with Crippen LogP contribution in [0.3, 0.4) is 0 Å². The van der Waals surface area contributed by atoms with Crippen LogP contribution in [0.5, 0.6) is 0 Å². The SMILES string of the molecule is FB(F)O/C(=N\c1ccccn1)c1ccc2ccc3ccccc3c2c1.